The number of nitrogens with one attached hydrogen (secondary N) is 1. The second kappa shape index (κ2) is 5.59. The smallest absolute Gasteiger partial charge is 0.254 e. The van der Waals surface area contributed by atoms with E-state index in [0.29, 0.717) is 17.7 Å². The van der Waals surface area contributed by atoms with Gasteiger partial charge in [0, 0.05) is 37.7 Å². The number of nitrogens with two attached hydrogens (primary N) is 1. The highest BCUT2D eigenvalue weighted by molar-refractivity contribution is 5.43. The van der Waals surface area contributed by atoms with Crippen molar-refractivity contribution in [2.45, 2.75) is 6.04 Å². The normalized spacial score (nSPS) is 26.8. The third-order valence-electron chi connectivity index (χ3n) is 5.16. The molecule has 126 valence electrons. The van der Waals surface area contributed by atoms with Crippen molar-refractivity contribution in [3.63, 3.8) is 0 Å². The van der Waals surface area contributed by atoms with Crippen LogP contribution in [0.5, 0.6) is 0 Å². The maximum absolute atomic E-state index is 13.6. The van der Waals surface area contributed by atoms with Crippen molar-refractivity contribution in [1.29, 1.82) is 0 Å². The zero-order chi connectivity index (χ0) is 16.8. The molecule has 3 atom stereocenters. The van der Waals surface area contributed by atoms with Gasteiger partial charge in [-0.05, 0) is 30.7 Å². The molecule has 24 heavy (non-hydrogen) atoms. The van der Waals surface area contributed by atoms with Gasteiger partial charge in [-0.3, -0.25) is 14.7 Å². The van der Waals surface area contributed by atoms with Crippen molar-refractivity contribution in [3.8, 4) is 0 Å². The molecule has 1 aromatic carbocycles. The predicted octanol–water partition coefficient (Wildman–Crippen LogP) is 1.23. The van der Waals surface area contributed by atoms with E-state index in [1.807, 2.05) is 6.07 Å². The van der Waals surface area contributed by atoms with Crippen LogP contribution in [-0.2, 0) is 0 Å². The maximum atomic E-state index is 13.6. The molecule has 4 rings (SSSR count). The van der Waals surface area contributed by atoms with Crippen LogP contribution in [0, 0.1) is 17.7 Å². The largest absolute Gasteiger partial charge is 0.369 e. The first-order chi connectivity index (χ1) is 11.5. The molecular weight excluding hydrogens is 309 g/mol. The van der Waals surface area contributed by atoms with Crippen LogP contribution in [-0.4, -0.2) is 41.5 Å². The Balaban J connectivity index is 1.62. The van der Waals surface area contributed by atoms with Crippen molar-refractivity contribution < 1.29 is 4.39 Å². The van der Waals surface area contributed by atoms with Crippen molar-refractivity contribution in [2.24, 2.45) is 11.8 Å². The molecule has 1 aromatic heterocycles. The highest BCUT2D eigenvalue weighted by Gasteiger charge is 2.46. The number of nitrogen functional groups attached to an aromatic ring is 1. The first-order valence-electron chi connectivity index (χ1n) is 8.09. The number of H-pyrrole nitrogens is 1. The Hall–Kier alpha value is -2.41. The summed E-state index contributed by atoms with van der Waals surface area (Å²) in [5.74, 6) is 1.38. The summed E-state index contributed by atoms with van der Waals surface area (Å²) in [6, 6.07) is 8.50. The fourth-order valence-electron chi connectivity index (χ4n) is 4.26. The highest BCUT2D eigenvalue weighted by Crippen LogP contribution is 2.44. The van der Waals surface area contributed by atoms with Crippen LogP contribution >= 0.6 is 0 Å². The van der Waals surface area contributed by atoms with Gasteiger partial charge in [-0.2, -0.15) is 4.98 Å². The standard InChI is InChI=1S/C17H20FN5O/c1-22-7-11-8-23(14-6-15(24)21-17(19)20-14)9-13(11)16(22)10-3-2-4-12(18)5-10/h2-6,11,13,16H,7-9H2,1H3,(H3,19,20,21,24)/t11-,13+,16-/m0/s1. The molecule has 0 spiro atoms. The molecule has 2 aliphatic rings. The lowest BCUT2D eigenvalue weighted by Gasteiger charge is -2.27. The number of rotatable bonds is 2. The zero-order valence-electron chi connectivity index (χ0n) is 13.4. The summed E-state index contributed by atoms with van der Waals surface area (Å²) >= 11 is 0. The number of fused-ring (bicyclic) bond motifs is 1. The Morgan fingerprint density at radius 2 is 2.12 bits per heavy atom. The van der Waals surface area contributed by atoms with Crippen LogP contribution in [0.15, 0.2) is 35.1 Å². The molecule has 0 bridgehead atoms. The summed E-state index contributed by atoms with van der Waals surface area (Å²) in [6.07, 6.45) is 0. The summed E-state index contributed by atoms with van der Waals surface area (Å²) in [5, 5.41) is 0. The molecule has 2 aliphatic heterocycles. The number of anilines is 2. The number of likely N-dealkylation sites (tertiary alicyclic amines) is 1. The number of nitrogens with zero attached hydrogens (tertiary/aromatic N) is 3. The van der Waals surface area contributed by atoms with Gasteiger partial charge in [0.05, 0.1) is 0 Å². The summed E-state index contributed by atoms with van der Waals surface area (Å²) in [4.78, 5) is 22.8. The predicted molar refractivity (Wildman–Crippen MR) is 90.2 cm³/mol. The number of benzene rings is 1. The van der Waals surface area contributed by atoms with Crippen molar-refractivity contribution in [2.75, 3.05) is 37.3 Å². The molecule has 6 nitrogen and oxygen atoms in total. The van der Waals surface area contributed by atoms with Crippen LogP contribution in [0.4, 0.5) is 16.2 Å². The average molecular weight is 329 g/mol. The monoisotopic (exact) mass is 329 g/mol. The van der Waals surface area contributed by atoms with E-state index in [1.54, 1.807) is 12.1 Å². The Morgan fingerprint density at radius 3 is 2.88 bits per heavy atom. The molecule has 2 aromatic rings. The quantitative estimate of drug-likeness (QED) is 0.866. The van der Waals surface area contributed by atoms with E-state index in [4.69, 9.17) is 5.73 Å². The van der Waals surface area contributed by atoms with Gasteiger partial charge in [-0.1, -0.05) is 12.1 Å². The Kier molecular flexibility index (Phi) is 3.53. The first kappa shape index (κ1) is 15.1. The van der Waals surface area contributed by atoms with Crippen LogP contribution in [0.1, 0.15) is 11.6 Å². The second-order valence-electron chi connectivity index (χ2n) is 6.76. The molecule has 0 unspecified atom stereocenters. The number of aromatic amines is 1. The van der Waals surface area contributed by atoms with E-state index in [2.05, 4.69) is 26.8 Å². The van der Waals surface area contributed by atoms with Crippen LogP contribution < -0.4 is 16.2 Å². The van der Waals surface area contributed by atoms with Gasteiger partial charge in [0.2, 0.25) is 5.95 Å². The Bertz CT molecular complexity index is 823. The lowest BCUT2D eigenvalue weighted by molar-refractivity contribution is 0.279. The van der Waals surface area contributed by atoms with E-state index in [-0.39, 0.29) is 23.4 Å². The van der Waals surface area contributed by atoms with E-state index >= 15 is 0 Å². The lowest BCUT2D eigenvalue weighted by Crippen LogP contribution is -2.30. The zero-order valence-corrected chi connectivity index (χ0v) is 13.4. The average Bonchev–Trinajstić information content (AvgIpc) is 3.02. The number of halogens is 1. The minimum atomic E-state index is -0.242. The fourth-order valence-corrected chi connectivity index (χ4v) is 4.26. The molecule has 0 saturated carbocycles. The molecule has 3 heterocycles. The summed E-state index contributed by atoms with van der Waals surface area (Å²) in [7, 11) is 2.09. The fraction of sp³-hybridized carbons (Fsp3) is 0.412. The van der Waals surface area contributed by atoms with Gasteiger partial charge >= 0.3 is 0 Å². The minimum Gasteiger partial charge on any atom is -0.369 e. The van der Waals surface area contributed by atoms with Crippen LogP contribution in [0.3, 0.4) is 0 Å². The SMILES string of the molecule is CN1C[C@H]2CN(c3cc(=O)[nH]c(N)n3)C[C@H]2[C@@H]1c1cccc(F)c1. The highest BCUT2D eigenvalue weighted by atomic mass is 19.1. The van der Waals surface area contributed by atoms with Gasteiger partial charge in [-0.25, -0.2) is 4.39 Å². The van der Waals surface area contributed by atoms with Crippen molar-refractivity contribution >= 4 is 11.8 Å². The summed E-state index contributed by atoms with van der Waals surface area (Å²) in [6.45, 7) is 2.56. The summed E-state index contributed by atoms with van der Waals surface area (Å²) < 4.78 is 13.6. The topological polar surface area (TPSA) is 78.2 Å². The third kappa shape index (κ3) is 2.54. The molecule has 0 radical (unpaired) electrons. The molecular formula is C17H20FN5O. The maximum Gasteiger partial charge on any atom is 0.254 e. The van der Waals surface area contributed by atoms with Crippen LogP contribution in [0.25, 0.3) is 0 Å². The lowest BCUT2D eigenvalue weighted by atomic mass is 9.89. The Labute approximate surface area is 139 Å². The van der Waals surface area contributed by atoms with Crippen molar-refractivity contribution in [1.82, 2.24) is 14.9 Å². The van der Waals surface area contributed by atoms with E-state index in [9.17, 15) is 9.18 Å². The molecule has 0 aliphatic carbocycles. The molecule has 3 N–H and O–H groups in total. The first-order valence-corrected chi connectivity index (χ1v) is 8.09. The van der Waals surface area contributed by atoms with Crippen molar-refractivity contribution in [3.05, 3.63) is 52.1 Å². The van der Waals surface area contributed by atoms with E-state index in [1.165, 1.54) is 12.1 Å². The van der Waals surface area contributed by atoms with Crippen LogP contribution in [0.2, 0.25) is 0 Å². The number of hydrogen-bond acceptors (Lipinski definition) is 5. The molecule has 7 heteroatoms. The van der Waals surface area contributed by atoms with Gasteiger partial charge in [0.25, 0.3) is 5.56 Å². The second-order valence-corrected chi connectivity index (χ2v) is 6.76. The molecule has 0 amide bonds. The molecule has 2 fully saturated rings. The number of aromatic nitrogens is 2. The molecule has 2 saturated heterocycles. The minimum absolute atomic E-state index is 0.133. The van der Waals surface area contributed by atoms with Gasteiger partial charge in [-0.15, -0.1) is 0 Å². The van der Waals surface area contributed by atoms with Gasteiger partial charge in [0.15, 0.2) is 0 Å². The Morgan fingerprint density at radius 1 is 1.29 bits per heavy atom. The van der Waals surface area contributed by atoms with Gasteiger partial charge < -0.3 is 10.6 Å². The van der Waals surface area contributed by atoms with Gasteiger partial charge in [0.1, 0.15) is 11.6 Å². The van der Waals surface area contributed by atoms with E-state index in [0.717, 1.165) is 25.2 Å². The number of hydrogen-bond donors (Lipinski definition) is 2. The summed E-state index contributed by atoms with van der Waals surface area (Å²) in [5.41, 5.74) is 6.42. The van der Waals surface area contributed by atoms with E-state index < -0.39 is 0 Å². The third-order valence-corrected chi connectivity index (χ3v) is 5.16.